The lowest BCUT2D eigenvalue weighted by molar-refractivity contribution is 0.174. The highest BCUT2D eigenvalue weighted by Gasteiger charge is 2.20. The zero-order valence-electron chi connectivity index (χ0n) is 12.8. The number of nitrogens with zero attached hydrogens (tertiary/aromatic N) is 3. The number of hydrogen-bond donors (Lipinski definition) is 0. The van der Waals surface area contributed by atoms with Gasteiger partial charge in [0.1, 0.15) is 11.6 Å². The molecular weight excluding hydrogens is 309 g/mol. The van der Waals surface area contributed by atoms with Gasteiger partial charge in [-0.15, -0.1) is 0 Å². The van der Waals surface area contributed by atoms with Gasteiger partial charge in [0.05, 0.1) is 17.1 Å². The van der Waals surface area contributed by atoms with Crippen molar-refractivity contribution in [3.63, 3.8) is 0 Å². The Kier molecular flexibility index (Phi) is 3.54. The summed E-state index contributed by atoms with van der Waals surface area (Å²) >= 11 is 0. The van der Waals surface area contributed by atoms with Gasteiger partial charge in [-0.2, -0.15) is 5.26 Å². The molecule has 0 fully saturated rings. The largest absolute Gasteiger partial charge is 0.454 e. The molecule has 4 rings (SSSR count). The van der Waals surface area contributed by atoms with Gasteiger partial charge in [0, 0.05) is 30.7 Å². The fourth-order valence-corrected chi connectivity index (χ4v) is 2.91. The van der Waals surface area contributed by atoms with E-state index in [1.165, 1.54) is 12.1 Å². The van der Waals surface area contributed by atoms with Crippen LogP contribution < -0.4 is 9.47 Å². The van der Waals surface area contributed by atoms with Gasteiger partial charge >= 0.3 is 0 Å². The number of nitriles is 1. The van der Waals surface area contributed by atoms with E-state index >= 15 is 0 Å². The average molecular weight is 323 g/mol. The molecule has 1 aliphatic heterocycles. The number of aryl methyl sites for hydroxylation is 1. The number of halogens is 1. The predicted molar refractivity (Wildman–Crippen MR) is 86.1 cm³/mol. The molecule has 0 radical (unpaired) electrons. The molecule has 0 atom stereocenters. The molecule has 2 aromatic carbocycles. The van der Waals surface area contributed by atoms with E-state index in [0.29, 0.717) is 42.3 Å². The van der Waals surface area contributed by atoms with Crippen molar-refractivity contribution in [2.75, 3.05) is 6.79 Å². The number of unbranched alkanes of at least 4 members (excludes halogenated alkanes) is 1. The van der Waals surface area contributed by atoms with Crippen molar-refractivity contribution in [3.05, 3.63) is 42.2 Å². The monoisotopic (exact) mass is 323 g/mol. The Morgan fingerprint density at radius 2 is 2.04 bits per heavy atom. The molecule has 0 unspecified atom stereocenters. The van der Waals surface area contributed by atoms with Crippen LogP contribution in [0.3, 0.4) is 0 Å². The minimum absolute atomic E-state index is 0.202. The van der Waals surface area contributed by atoms with E-state index in [-0.39, 0.29) is 12.6 Å². The number of fused-ring (bicyclic) bond motifs is 2. The summed E-state index contributed by atoms with van der Waals surface area (Å²) in [5.41, 5.74) is 2.34. The number of hydrogen-bond acceptors (Lipinski definition) is 4. The van der Waals surface area contributed by atoms with Crippen LogP contribution in [-0.2, 0) is 6.54 Å². The number of aromatic nitrogens is 2. The first-order valence-corrected chi connectivity index (χ1v) is 7.69. The lowest BCUT2D eigenvalue weighted by Crippen LogP contribution is -2.01. The smallest absolute Gasteiger partial charge is 0.231 e. The lowest BCUT2D eigenvalue weighted by atomic mass is 10.2. The van der Waals surface area contributed by atoms with Gasteiger partial charge in [0.25, 0.3) is 0 Å². The standard InChI is InChI=1S/C18H14FN3O2/c19-13-5-3-4-12(8-13)18-21-14-9-16-17(24-11-23-16)10-15(14)22(18)7-2-1-6-20/h3-5,8-10H,1-2,7,11H2. The topological polar surface area (TPSA) is 60.1 Å². The van der Waals surface area contributed by atoms with Crippen LogP contribution in [0, 0.1) is 17.1 Å². The summed E-state index contributed by atoms with van der Waals surface area (Å²) in [6.07, 6.45) is 1.14. The minimum atomic E-state index is -0.308. The van der Waals surface area contributed by atoms with Crippen LogP contribution >= 0.6 is 0 Å². The molecule has 0 saturated carbocycles. The van der Waals surface area contributed by atoms with Crippen LogP contribution in [-0.4, -0.2) is 16.3 Å². The van der Waals surface area contributed by atoms with Crippen molar-refractivity contribution in [3.8, 4) is 29.0 Å². The summed E-state index contributed by atoms with van der Waals surface area (Å²) in [5.74, 6) is 1.70. The molecule has 1 aliphatic rings. The van der Waals surface area contributed by atoms with Crippen molar-refractivity contribution >= 4 is 11.0 Å². The molecule has 0 spiro atoms. The molecule has 6 heteroatoms. The van der Waals surface area contributed by atoms with Gasteiger partial charge in [0.15, 0.2) is 11.5 Å². The van der Waals surface area contributed by atoms with E-state index in [0.717, 1.165) is 11.0 Å². The molecule has 0 bridgehead atoms. The summed E-state index contributed by atoms with van der Waals surface area (Å²) in [6, 6.07) is 12.2. The highest BCUT2D eigenvalue weighted by molar-refractivity contribution is 5.84. The van der Waals surface area contributed by atoms with E-state index in [1.54, 1.807) is 6.07 Å². The number of rotatable bonds is 4. The van der Waals surface area contributed by atoms with E-state index in [9.17, 15) is 4.39 Å². The average Bonchev–Trinajstić information content (AvgIpc) is 3.17. The summed E-state index contributed by atoms with van der Waals surface area (Å²) < 4.78 is 26.5. The third-order valence-corrected chi connectivity index (χ3v) is 4.00. The molecule has 24 heavy (non-hydrogen) atoms. The van der Waals surface area contributed by atoms with Gasteiger partial charge in [-0.05, 0) is 18.6 Å². The SMILES string of the molecule is N#CCCCn1c(-c2cccc(F)c2)nc2cc3c(cc21)OCO3. The zero-order chi connectivity index (χ0) is 16.5. The molecule has 0 amide bonds. The summed E-state index contributed by atoms with van der Waals surface area (Å²) in [4.78, 5) is 4.66. The summed E-state index contributed by atoms with van der Waals surface area (Å²) in [7, 11) is 0. The van der Waals surface area contributed by atoms with Crippen molar-refractivity contribution < 1.29 is 13.9 Å². The van der Waals surface area contributed by atoms with E-state index in [4.69, 9.17) is 14.7 Å². The van der Waals surface area contributed by atoms with Crippen molar-refractivity contribution in [2.45, 2.75) is 19.4 Å². The quantitative estimate of drug-likeness (QED) is 0.684. The maximum absolute atomic E-state index is 13.6. The van der Waals surface area contributed by atoms with Gasteiger partial charge in [-0.1, -0.05) is 12.1 Å². The van der Waals surface area contributed by atoms with Crippen molar-refractivity contribution in [2.24, 2.45) is 0 Å². The van der Waals surface area contributed by atoms with Crippen molar-refractivity contribution in [1.82, 2.24) is 9.55 Å². The van der Waals surface area contributed by atoms with E-state index < -0.39 is 0 Å². The minimum Gasteiger partial charge on any atom is -0.454 e. The Hall–Kier alpha value is -3.07. The molecule has 120 valence electrons. The van der Waals surface area contributed by atoms with Crippen LogP contribution in [0.4, 0.5) is 4.39 Å². The first kappa shape index (κ1) is 14.5. The maximum atomic E-state index is 13.6. The van der Waals surface area contributed by atoms with Gasteiger partial charge in [-0.3, -0.25) is 0 Å². The molecule has 3 aromatic rings. The molecule has 0 saturated heterocycles. The van der Waals surface area contributed by atoms with Crippen molar-refractivity contribution in [1.29, 1.82) is 5.26 Å². The normalized spacial score (nSPS) is 12.5. The second-order valence-electron chi connectivity index (χ2n) is 5.55. The van der Waals surface area contributed by atoms with E-state index in [2.05, 4.69) is 11.1 Å². The molecule has 5 nitrogen and oxygen atoms in total. The Labute approximate surface area is 137 Å². The zero-order valence-corrected chi connectivity index (χ0v) is 12.8. The highest BCUT2D eigenvalue weighted by atomic mass is 19.1. The Morgan fingerprint density at radius 3 is 2.83 bits per heavy atom. The molecule has 2 heterocycles. The Balaban J connectivity index is 1.88. The number of benzene rings is 2. The van der Waals surface area contributed by atoms with Crippen LogP contribution in [0.25, 0.3) is 22.4 Å². The van der Waals surface area contributed by atoms with Crippen LogP contribution in [0.2, 0.25) is 0 Å². The lowest BCUT2D eigenvalue weighted by Gasteiger charge is -2.08. The first-order chi connectivity index (χ1) is 11.8. The number of imidazole rings is 1. The molecule has 0 aliphatic carbocycles. The summed E-state index contributed by atoms with van der Waals surface area (Å²) in [6.45, 7) is 0.822. The molecule has 1 aromatic heterocycles. The first-order valence-electron chi connectivity index (χ1n) is 7.69. The molecule has 0 N–H and O–H groups in total. The fourth-order valence-electron chi connectivity index (χ4n) is 2.91. The Bertz CT molecular complexity index is 959. The molecular formula is C18H14FN3O2. The third-order valence-electron chi connectivity index (χ3n) is 4.00. The third kappa shape index (κ3) is 2.44. The summed E-state index contributed by atoms with van der Waals surface area (Å²) in [5, 5.41) is 8.80. The second kappa shape index (κ2) is 5.85. The Morgan fingerprint density at radius 1 is 1.21 bits per heavy atom. The predicted octanol–water partition coefficient (Wildman–Crippen LogP) is 3.87. The van der Waals surface area contributed by atoms with Crippen LogP contribution in [0.5, 0.6) is 11.5 Å². The van der Waals surface area contributed by atoms with Gasteiger partial charge in [0.2, 0.25) is 6.79 Å². The van der Waals surface area contributed by atoms with Gasteiger partial charge < -0.3 is 14.0 Å². The highest BCUT2D eigenvalue weighted by Crippen LogP contribution is 2.37. The van der Waals surface area contributed by atoms with Crippen LogP contribution in [0.15, 0.2) is 36.4 Å². The second-order valence-corrected chi connectivity index (χ2v) is 5.55. The van der Waals surface area contributed by atoms with Crippen LogP contribution in [0.1, 0.15) is 12.8 Å². The number of ether oxygens (including phenoxy) is 2. The van der Waals surface area contributed by atoms with Gasteiger partial charge in [-0.25, -0.2) is 9.37 Å². The van der Waals surface area contributed by atoms with E-state index in [1.807, 2.05) is 22.8 Å². The fraction of sp³-hybridized carbons (Fsp3) is 0.222. The maximum Gasteiger partial charge on any atom is 0.231 e.